The van der Waals surface area contributed by atoms with E-state index < -0.39 is 11.5 Å². The number of anilines is 2. The molecule has 0 unspecified atom stereocenters. The highest BCUT2D eigenvalue weighted by molar-refractivity contribution is 5.93. The molecule has 160 valence electrons. The van der Waals surface area contributed by atoms with Crippen molar-refractivity contribution in [3.05, 3.63) is 52.1 Å². The van der Waals surface area contributed by atoms with E-state index >= 15 is 0 Å². The van der Waals surface area contributed by atoms with Crippen molar-refractivity contribution in [1.82, 2.24) is 19.9 Å². The van der Waals surface area contributed by atoms with Gasteiger partial charge in [0.05, 0.1) is 24.0 Å². The second kappa shape index (κ2) is 8.69. The van der Waals surface area contributed by atoms with Gasteiger partial charge in [-0.05, 0) is 24.3 Å². The molecule has 0 spiro atoms. The fraction of sp³-hybridized carbons (Fsp3) is 0.250. The number of aromatic nitrogens is 4. The Morgan fingerprint density at radius 1 is 1.16 bits per heavy atom. The molecule has 0 saturated carbocycles. The van der Waals surface area contributed by atoms with E-state index in [1.165, 1.54) is 42.3 Å². The molecular formula is C20H20N6O5. The van der Waals surface area contributed by atoms with E-state index in [1.54, 1.807) is 13.8 Å². The van der Waals surface area contributed by atoms with Gasteiger partial charge in [0.25, 0.3) is 5.56 Å². The molecule has 0 aliphatic carbocycles. The predicted octanol–water partition coefficient (Wildman–Crippen LogP) is 1.56. The van der Waals surface area contributed by atoms with Crippen LogP contribution in [0.5, 0.6) is 0 Å². The van der Waals surface area contributed by atoms with Crippen LogP contribution in [0.1, 0.15) is 36.8 Å². The van der Waals surface area contributed by atoms with Crippen LogP contribution in [0.2, 0.25) is 0 Å². The highest BCUT2D eigenvalue weighted by Gasteiger charge is 2.16. The molecule has 11 nitrogen and oxygen atoms in total. The highest BCUT2D eigenvalue weighted by atomic mass is 16.4. The number of carboxylic acids is 1. The first-order chi connectivity index (χ1) is 14.7. The number of carbonyl (C=O) groups is 3. The number of fused-ring (bicyclic) bond motifs is 1. The van der Waals surface area contributed by atoms with E-state index in [0.717, 1.165) is 0 Å². The molecule has 0 saturated heterocycles. The molecule has 2 amide bonds. The fourth-order valence-electron chi connectivity index (χ4n) is 2.68. The maximum absolute atomic E-state index is 12.4. The number of aromatic amines is 1. The van der Waals surface area contributed by atoms with Crippen molar-refractivity contribution in [2.75, 3.05) is 10.2 Å². The Bertz CT molecular complexity index is 1220. The number of rotatable bonds is 6. The van der Waals surface area contributed by atoms with Crippen LogP contribution in [-0.2, 0) is 16.1 Å². The van der Waals surface area contributed by atoms with Crippen LogP contribution >= 0.6 is 0 Å². The molecule has 2 aromatic heterocycles. The third kappa shape index (κ3) is 4.89. The molecule has 0 atom stereocenters. The van der Waals surface area contributed by atoms with Gasteiger partial charge in [-0.3, -0.25) is 24.7 Å². The largest absolute Gasteiger partial charge is 0.478 e. The van der Waals surface area contributed by atoms with Crippen molar-refractivity contribution < 1.29 is 19.5 Å². The Kier molecular flexibility index (Phi) is 6.05. The Labute approximate surface area is 176 Å². The van der Waals surface area contributed by atoms with Gasteiger partial charge >= 0.3 is 5.97 Å². The van der Waals surface area contributed by atoms with Crippen LogP contribution < -0.4 is 15.8 Å². The van der Waals surface area contributed by atoms with Crippen molar-refractivity contribution in [3.63, 3.8) is 0 Å². The molecule has 0 aliphatic heterocycles. The Morgan fingerprint density at radius 3 is 2.42 bits per heavy atom. The first-order valence-corrected chi connectivity index (χ1v) is 9.34. The molecule has 0 radical (unpaired) electrons. The van der Waals surface area contributed by atoms with Gasteiger partial charge in [-0.2, -0.15) is 4.98 Å². The Hall–Kier alpha value is -4.15. The number of amides is 2. The summed E-state index contributed by atoms with van der Waals surface area (Å²) in [6.07, 6.45) is 1.38. The van der Waals surface area contributed by atoms with Gasteiger partial charge in [0.15, 0.2) is 11.2 Å². The minimum atomic E-state index is -1.07. The van der Waals surface area contributed by atoms with Gasteiger partial charge in [0.2, 0.25) is 17.8 Å². The first kappa shape index (κ1) is 21.6. The maximum atomic E-state index is 12.4. The van der Waals surface area contributed by atoms with E-state index in [2.05, 4.69) is 25.3 Å². The summed E-state index contributed by atoms with van der Waals surface area (Å²) in [4.78, 5) is 63.7. The van der Waals surface area contributed by atoms with Crippen LogP contribution in [0, 0.1) is 5.92 Å². The van der Waals surface area contributed by atoms with Gasteiger partial charge in [-0.1, -0.05) is 13.8 Å². The molecule has 3 N–H and O–H groups in total. The van der Waals surface area contributed by atoms with Gasteiger partial charge in [-0.25, -0.2) is 14.8 Å². The summed E-state index contributed by atoms with van der Waals surface area (Å²) >= 11 is 0. The summed E-state index contributed by atoms with van der Waals surface area (Å²) in [5.74, 6) is -2.00. The van der Waals surface area contributed by atoms with Crippen LogP contribution in [-0.4, -0.2) is 42.8 Å². The molecule has 31 heavy (non-hydrogen) atoms. The molecule has 2 heterocycles. The van der Waals surface area contributed by atoms with Crippen LogP contribution in [0.3, 0.4) is 0 Å². The molecule has 0 bridgehead atoms. The number of nitrogens with zero attached hydrogens (tertiary/aromatic N) is 4. The summed E-state index contributed by atoms with van der Waals surface area (Å²) < 4.78 is 0. The molecule has 11 heteroatoms. The van der Waals surface area contributed by atoms with E-state index in [1.807, 2.05) is 0 Å². The van der Waals surface area contributed by atoms with E-state index in [-0.39, 0.29) is 47.0 Å². The number of H-pyrrole nitrogens is 1. The van der Waals surface area contributed by atoms with Crippen LogP contribution in [0.4, 0.5) is 11.6 Å². The summed E-state index contributed by atoms with van der Waals surface area (Å²) in [5, 5.41) is 11.5. The smallest absolute Gasteiger partial charge is 0.335 e. The second-order valence-electron chi connectivity index (χ2n) is 7.05. The lowest BCUT2D eigenvalue weighted by Gasteiger charge is -2.21. The number of carbonyl (C=O) groups excluding carboxylic acids is 2. The average molecular weight is 424 g/mol. The molecule has 3 aromatic rings. The van der Waals surface area contributed by atoms with Gasteiger partial charge in [0, 0.05) is 18.5 Å². The van der Waals surface area contributed by atoms with Crippen molar-refractivity contribution in [2.24, 2.45) is 5.92 Å². The topological polar surface area (TPSA) is 158 Å². The standard InChI is InChI=1S/C20H20N6O5/c1-10(2)17(28)24-20-23-16-15(18(29)25-20)22-13(8-21-16)9-26(11(3)27)14-6-4-12(5-7-14)19(30)31/h4-8,10H,9H2,1-3H3,(H,30,31)(H2,21,23,24,25,28,29). The van der Waals surface area contributed by atoms with Crippen LogP contribution in [0.25, 0.3) is 11.2 Å². The van der Waals surface area contributed by atoms with Crippen molar-refractivity contribution in [1.29, 1.82) is 0 Å². The number of hydrogen-bond donors (Lipinski definition) is 3. The van der Waals surface area contributed by atoms with Gasteiger partial charge < -0.3 is 10.0 Å². The molecule has 1 aromatic carbocycles. The summed E-state index contributed by atoms with van der Waals surface area (Å²) in [7, 11) is 0. The highest BCUT2D eigenvalue weighted by Crippen LogP contribution is 2.18. The monoisotopic (exact) mass is 424 g/mol. The third-order valence-corrected chi connectivity index (χ3v) is 4.36. The fourth-order valence-corrected chi connectivity index (χ4v) is 2.68. The van der Waals surface area contributed by atoms with Crippen molar-refractivity contribution >= 4 is 40.6 Å². The molecule has 0 aliphatic rings. The van der Waals surface area contributed by atoms with Crippen LogP contribution in [0.15, 0.2) is 35.3 Å². The maximum Gasteiger partial charge on any atom is 0.335 e. The summed E-state index contributed by atoms with van der Waals surface area (Å²) in [6.45, 7) is 4.78. The minimum Gasteiger partial charge on any atom is -0.478 e. The third-order valence-electron chi connectivity index (χ3n) is 4.36. The number of benzene rings is 1. The quantitative estimate of drug-likeness (QED) is 0.538. The molecule has 0 fully saturated rings. The zero-order chi connectivity index (χ0) is 22.7. The van der Waals surface area contributed by atoms with Gasteiger partial charge in [0.1, 0.15) is 0 Å². The van der Waals surface area contributed by atoms with Crippen molar-refractivity contribution in [3.8, 4) is 0 Å². The summed E-state index contributed by atoms with van der Waals surface area (Å²) in [5.41, 5.74) is 0.320. The Morgan fingerprint density at radius 2 is 1.84 bits per heavy atom. The lowest BCUT2D eigenvalue weighted by Crippen LogP contribution is -2.28. The van der Waals surface area contributed by atoms with Crippen molar-refractivity contribution in [2.45, 2.75) is 27.3 Å². The number of carboxylic acid groups (broad SMARTS) is 1. The van der Waals surface area contributed by atoms with Gasteiger partial charge in [-0.15, -0.1) is 0 Å². The molecular weight excluding hydrogens is 404 g/mol. The number of nitrogens with one attached hydrogen (secondary N) is 2. The second-order valence-corrected chi connectivity index (χ2v) is 7.05. The molecule has 3 rings (SSSR count). The zero-order valence-corrected chi connectivity index (χ0v) is 17.0. The van der Waals surface area contributed by atoms with E-state index in [4.69, 9.17) is 5.11 Å². The number of hydrogen-bond acceptors (Lipinski definition) is 7. The van der Waals surface area contributed by atoms with E-state index in [9.17, 15) is 19.2 Å². The van der Waals surface area contributed by atoms with E-state index in [0.29, 0.717) is 11.4 Å². The average Bonchev–Trinajstić information content (AvgIpc) is 2.72. The summed E-state index contributed by atoms with van der Waals surface area (Å²) in [6, 6.07) is 5.80. The SMILES string of the molecule is CC(=O)N(Cc1cnc2nc(NC(=O)C(C)C)[nH]c(=O)c2n1)c1ccc(C(=O)O)cc1. The predicted molar refractivity (Wildman–Crippen MR) is 112 cm³/mol. The minimum absolute atomic E-state index is 0.00989. The normalized spacial score (nSPS) is 10.8. The first-order valence-electron chi connectivity index (χ1n) is 9.34. The Balaban J connectivity index is 1.90. The number of aromatic carboxylic acids is 1. The lowest BCUT2D eigenvalue weighted by atomic mass is 10.2. The zero-order valence-electron chi connectivity index (χ0n) is 17.0. The lowest BCUT2D eigenvalue weighted by molar-refractivity contribution is -0.119.